The maximum absolute atomic E-state index is 13.8. The number of halogens is 3. The van der Waals surface area contributed by atoms with Crippen molar-refractivity contribution in [1.82, 2.24) is 4.72 Å². The second-order valence-electron chi connectivity index (χ2n) is 6.22. The Balaban J connectivity index is 1.90. The van der Waals surface area contributed by atoms with E-state index in [1.807, 2.05) is 0 Å². The molecule has 2 N–H and O–H groups in total. The fraction of sp³-hybridized carbons (Fsp3) is 0.278. The summed E-state index contributed by atoms with van der Waals surface area (Å²) in [5.74, 6) is -5.69. The Morgan fingerprint density at radius 2 is 1.93 bits per heavy atom. The van der Waals surface area contributed by atoms with Gasteiger partial charge in [0.25, 0.3) is 5.91 Å². The Kier molecular flexibility index (Phi) is 6.10. The van der Waals surface area contributed by atoms with Gasteiger partial charge < -0.3 is 14.8 Å². The maximum atomic E-state index is 13.8. The lowest BCUT2D eigenvalue weighted by atomic mass is 10.1. The lowest BCUT2D eigenvalue weighted by molar-refractivity contribution is 0.102. The molecule has 0 bridgehead atoms. The molecule has 7 nitrogen and oxygen atoms in total. The van der Waals surface area contributed by atoms with Gasteiger partial charge in [0, 0.05) is 12.6 Å². The van der Waals surface area contributed by atoms with Gasteiger partial charge in [-0.25, -0.2) is 26.3 Å². The molecule has 1 atom stereocenters. The third-order valence-corrected chi connectivity index (χ3v) is 5.78. The highest BCUT2D eigenvalue weighted by Gasteiger charge is 2.26. The molecule has 1 heterocycles. The fourth-order valence-corrected chi connectivity index (χ4v) is 4.04. The number of hydrogen-bond donors (Lipinski definition) is 2. The van der Waals surface area contributed by atoms with Crippen LogP contribution in [0.3, 0.4) is 0 Å². The van der Waals surface area contributed by atoms with Crippen LogP contribution in [-0.4, -0.2) is 40.7 Å². The summed E-state index contributed by atoms with van der Waals surface area (Å²) in [4.78, 5) is 12.3. The van der Waals surface area contributed by atoms with Gasteiger partial charge in [-0.3, -0.25) is 4.79 Å². The molecule has 0 aliphatic carbocycles. The zero-order chi connectivity index (χ0) is 21.2. The molecular formula is C18H17F3N2O5S. The van der Waals surface area contributed by atoms with Crippen LogP contribution < -0.4 is 14.8 Å². The summed E-state index contributed by atoms with van der Waals surface area (Å²) in [5, 5.41) is 2.09. The third kappa shape index (κ3) is 4.52. The Hall–Kier alpha value is -2.63. The van der Waals surface area contributed by atoms with E-state index in [9.17, 15) is 26.4 Å². The molecule has 2 aromatic carbocycles. The maximum Gasteiger partial charge on any atom is 0.259 e. The van der Waals surface area contributed by atoms with Crippen molar-refractivity contribution in [2.24, 2.45) is 0 Å². The van der Waals surface area contributed by atoms with E-state index in [4.69, 9.17) is 9.47 Å². The van der Waals surface area contributed by atoms with Crippen molar-refractivity contribution in [1.29, 1.82) is 0 Å². The van der Waals surface area contributed by atoms with Gasteiger partial charge in [-0.2, -0.15) is 0 Å². The number of benzene rings is 2. The first-order chi connectivity index (χ1) is 13.7. The standard InChI is InChI=1S/C18H17F3N2O5S/c1-27-15-5-2-11(29(25,26)23-10-6-7-28-9-10)8-12(15)18(24)22-14-4-3-13(19)16(20)17(14)21/h2-5,8,10,23H,6-7,9H2,1H3,(H,22,24). The molecule has 0 aromatic heterocycles. The van der Waals surface area contributed by atoms with Crippen LogP contribution in [0.1, 0.15) is 16.8 Å². The van der Waals surface area contributed by atoms with Crippen molar-refractivity contribution in [3.8, 4) is 5.75 Å². The molecule has 1 saturated heterocycles. The Bertz CT molecular complexity index is 1040. The molecule has 1 fully saturated rings. The summed E-state index contributed by atoms with van der Waals surface area (Å²) >= 11 is 0. The number of ether oxygens (including phenoxy) is 2. The number of methoxy groups -OCH3 is 1. The van der Waals surface area contributed by atoms with Gasteiger partial charge in [-0.1, -0.05) is 0 Å². The highest BCUT2D eigenvalue weighted by atomic mass is 32.2. The van der Waals surface area contributed by atoms with Crippen LogP contribution in [0, 0.1) is 17.5 Å². The van der Waals surface area contributed by atoms with Crippen molar-refractivity contribution in [3.63, 3.8) is 0 Å². The number of amides is 1. The number of hydrogen-bond acceptors (Lipinski definition) is 5. The van der Waals surface area contributed by atoms with E-state index < -0.39 is 45.1 Å². The van der Waals surface area contributed by atoms with E-state index in [1.54, 1.807) is 0 Å². The molecule has 156 valence electrons. The van der Waals surface area contributed by atoms with E-state index in [2.05, 4.69) is 10.0 Å². The SMILES string of the molecule is COc1ccc(S(=O)(=O)NC2CCOC2)cc1C(=O)Nc1ccc(F)c(F)c1F. The summed E-state index contributed by atoms with van der Waals surface area (Å²) in [6, 6.07) is 4.66. The topological polar surface area (TPSA) is 93.7 Å². The molecule has 0 saturated carbocycles. The van der Waals surface area contributed by atoms with Crippen molar-refractivity contribution >= 4 is 21.6 Å². The molecule has 0 radical (unpaired) electrons. The second-order valence-corrected chi connectivity index (χ2v) is 7.93. The van der Waals surface area contributed by atoms with E-state index in [-0.39, 0.29) is 22.8 Å². The first-order valence-corrected chi connectivity index (χ1v) is 9.94. The minimum absolute atomic E-state index is 0.00800. The average Bonchev–Trinajstić information content (AvgIpc) is 3.20. The molecule has 11 heteroatoms. The Labute approximate surface area is 164 Å². The summed E-state index contributed by atoms with van der Waals surface area (Å²) in [7, 11) is -2.71. The summed E-state index contributed by atoms with van der Waals surface area (Å²) in [6.07, 6.45) is 0.512. The van der Waals surface area contributed by atoms with Crippen LogP contribution in [0.5, 0.6) is 5.75 Å². The van der Waals surface area contributed by atoms with Gasteiger partial charge >= 0.3 is 0 Å². The molecule has 1 aliphatic rings. The van der Waals surface area contributed by atoms with Crippen LogP contribution in [0.25, 0.3) is 0 Å². The molecule has 1 aliphatic heterocycles. The Morgan fingerprint density at radius 1 is 1.17 bits per heavy atom. The number of nitrogens with one attached hydrogen (secondary N) is 2. The predicted molar refractivity (Wildman–Crippen MR) is 96.8 cm³/mol. The lowest BCUT2D eigenvalue weighted by Gasteiger charge is -2.14. The first-order valence-electron chi connectivity index (χ1n) is 8.46. The van der Waals surface area contributed by atoms with Crippen LogP contribution in [0.2, 0.25) is 0 Å². The van der Waals surface area contributed by atoms with Crippen molar-refractivity contribution in [3.05, 3.63) is 53.3 Å². The van der Waals surface area contributed by atoms with Crippen molar-refractivity contribution in [2.45, 2.75) is 17.4 Å². The van der Waals surface area contributed by atoms with Gasteiger partial charge in [-0.05, 0) is 36.8 Å². The third-order valence-electron chi connectivity index (χ3n) is 4.26. The normalized spacial score (nSPS) is 16.6. The van der Waals surface area contributed by atoms with E-state index in [0.717, 1.165) is 12.1 Å². The number of carbonyl (C=O) groups excluding carboxylic acids is 1. The van der Waals surface area contributed by atoms with E-state index in [1.165, 1.54) is 19.2 Å². The number of anilines is 1. The molecule has 1 amide bonds. The number of carbonyl (C=O) groups is 1. The highest BCUT2D eigenvalue weighted by molar-refractivity contribution is 7.89. The van der Waals surface area contributed by atoms with Crippen molar-refractivity contribution < 1.29 is 35.9 Å². The molecule has 29 heavy (non-hydrogen) atoms. The van der Waals surface area contributed by atoms with Crippen LogP contribution in [-0.2, 0) is 14.8 Å². The zero-order valence-corrected chi connectivity index (χ0v) is 16.0. The molecule has 1 unspecified atom stereocenters. The average molecular weight is 430 g/mol. The van der Waals surface area contributed by atoms with Crippen molar-refractivity contribution in [2.75, 3.05) is 25.6 Å². The van der Waals surface area contributed by atoms with Gasteiger partial charge in [0.15, 0.2) is 17.5 Å². The number of sulfonamides is 1. The van der Waals surface area contributed by atoms with Crippen LogP contribution >= 0.6 is 0 Å². The van der Waals surface area contributed by atoms with E-state index >= 15 is 0 Å². The summed E-state index contributed by atoms with van der Waals surface area (Å²) in [5.41, 5.74) is -0.840. The smallest absolute Gasteiger partial charge is 0.259 e. The van der Waals surface area contributed by atoms with Gasteiger partial charge in [-0.15, -0.1) is 0 Å². The molecular weight excluding hydrogens is 413 g/mol. The summed E-state index contributed by atoms with van der Waals surface area (Å²) in [6.45, 7) is 0.668. The van der Waals surface area contributed by atoms with Crippen LogP contribution in [0.4, 0.5) is 18.9 Å². The number of rotatable bonds is 6. The molecule has 0 spiro atoms. The molecule has 3 rings (SSSR count). The predicted octanol–water partition coefficient (Wildman–Crippen LogP) is 2.43. The lowest BCUT2D eigenvalue weighted by Crippen LogP contribution is -2.35. The van der Waals surface area contributed by atoms with E-state index in [0.29, 0.717) is 19.1 Å². The Morgan fingerprint density at radius 3 is 2.59 bits per heavy atom. The largest absolute Gasteiger partial charge is 0.496 e. The zero-order valence-electron chi connectivity index (χ0n) is 15.2. The molecule has 2 aromatic rings. The van der Waals surface area contributed by atoms with Gasteiger partial charge in [0.05, 0.1) is 29.9 Å². The quantitative estimate of drug-likeness (QED) is 0.687. The fourth-order valence-electron chi connectivity index (χ4n) is 2.76. The summed E-state index contributed by atoms with van der Waals surface area (Å²) < 4.78 is 78.1. The highest BCUT2D eigenvalue weighted by Crippen LogP contribution is 2.26. The van der Waals surface area contributed by atoms with Gasteiger partial charge in [0.2, 0.25) is 10.0 Å². The second kappa shape index (κ2) is 8.39. The van der Waals surface area contributed by atoms with Crippen LogP contribution in [0.15, 0.2) is 35.2 Å². The first kappa shape index (κ1) is 21.1. The van der Waals surface area contributed by atoms with Gasteiger partial charge in [0.1, 0.15) is 5.75 Å². The minimum atomic E-state index is -3.97. The minimum Gasteiger partial charge on any atom is -0.496 e. The monoisotopic (exact) mass is 430 g/mol.